The molecule has 2 aliphatic rings. The Bertz CT molecular complexity index is 657. The van der Waals surface area contributed by atoms with Crippen LogP contribution < -0.4 is 5.73 Å². The molecule has 2 atom stereocenters. The number of hydrogen-bond donors (Lipinski definition) is 1. The summed E-state index contributed by atoms with van der Waals surface area (Å²) in [4.78, 5) is 13.9. The minimum absolute atomic E-state index is 0.0568. The van der Waals surface area contributed by atoms with Gasteiger partial charge in [-0.05, 0) is 43.7 Å². The van der Waals surface area contributed by atoms with Crippen LogP contribution in [0.25, 0.3) is 0 Å². The van der Waals surface area contributed by atoms with Crippen molar-refractivity contribution in [2.75, 3.05) is 19.7 Å². The van der Waals surface area contributed by atoms with Gasteiger partial charge in [0.1, 0.15) is 5.82 Å². The Morgan fingerprint density at radius 2 is 1.88 bits per heavy atom. The molecule has 2 fully saturated rings. The summed E-state index contributed by atoms with van der Waals surface area (Å²) in [6.45, 7) is 1.36. The van der Waals surface area contributed by atoms with Gasteiger partial charge >= 0.3 is 6.18 Å². The third-order valence-electron chi connectivity index (χ3n) is 5.24. The van der Waals surface area contributed by atoms with Crippen molar-refractivity contribution in [2.24, 2.45) is 11.7 Å². The molecule has 1 aromatic carbocycles. The lowest BCUT2D eigenvalue weighted by atomic mass is 9.86. The second kappa shape index (κ2) is 7.52. The average Bonchev–Trinajstić information content (AvgIpc) is 2.60. The Kier molecular flexibility index (Phi) is 5.53. The highest BCUT2D eigenvalue weighted by Gasteiger charge is 2.37. The van der Waals surface area contributed by atoms with Crippen molar-refractivity contribution in [2.45, 2.75) is 44.0 Å². The van der Waals surface area contributed by atoms with Crippen molar-refractivity contribution in [1.82, 2.24) is 4.90 Å². The molecule has 1 amide bonds. The smallest absolute Gasteiger partial charge is 0.378 e. The fraction of sp³-hybridized carbons (Fsp3) is 0.611. The first kappa shape index (κ1) is 19.1. The number of amides is 1. The Morgan fingerprint density at radius 1 is 1.19 bits per heavy atom. The summed E-state index contributed by atoms with van der Waals surface area (Å²) in [6, 6.07) is 2.92. The largest absolute Gasteiger partial charge is 0.419 e. The van der Waals surface area contributed by atoms with E-state index in [1.54, 1.807) is 0 Å². The summed E-state index contributed by atoms with van der Waals surface area (Å²) in [6.07, 6.45) is -1.82. The van der Waals surface area contributed by atoms with E-state index in [1.165, 1.54) is 4.90 Å². The molecule has 0 radical (unpaired) electrons. The SMILES string of the molecule is NC1CCOC(C2CCN(C(=O)c3cccc(C(F)(F)F)c3F)CC2)C1. The summed E-state index contributed by atoms with van der Waals surface area (Å²) in [5.41, 5.74) is 4.02. The van der Waals surface area contributed by atoms with E-state index in [4.69, 9.17) is 10.5 Å². The summed E-state index contributed by atoms with van der Waals surface area (Å²) in [5, 5.41) is 0. The molecule has 3 rings (SSSR count). The van der Waals surface area contributed by atoms with Crippen molar-refractivity contribution >= 4 is 5.91 Å². The molecule has 0 saturated carbocycles. The lowest BCUT2D eigenvalue weighted by Crippen LogP contribution is -2.45. The fourth-order valence-corrected chi connectivity index (χ4v) is 3.74. The highest BCUT2D eigenvalue weighted by Crippen LogP contribution is 2.33. The fourth-order valence-electron chi connectivity index (χ4n) is 3.74. The van der Waals surface area contributed by atoms with E-state index in [2.05, 4.69) is 0 Å². The topological polar surface area (TPSA) is 55.6 Å². The van der Waals surface area contributed by atoms with E-state index in [0.29, 0.717) is 38.6 Å². The second-order valence-corrected chi connectivity index (χ2v) is 6.99. The molecule has 8 heteroatoms. The van der Waals surface area contributed by atoms with Crippen LogP contribution in [0.15, 0.2) is 18.2 Å². The Hall–Kier alpha value is -1.67. The zero-order valence-corrected chi connectivity index (χ0v) is 14.3. The van der Waals surface area contributed by atoms with E-state index in [0.717, 1.165) is 25.0 Å². The second-order valence-electron chi connectivity index (χ2n) is 6.99. The van der Waals surface area contributed by atoms with Gasteiger partial charge in [0.15, 0.2) is 0 Å². The van der Waals surface area contributed by atoms with Crippen LogP contribution in [-0.4, -0.2) is 42.6 Å². The van der Waals surface area contributed by atoms with Crippen LogP contribution in [0.3, 0.4) is 0 Å². The molecule has 2 aliphatic heterocycles. The van der Waals surface area contributed by atoms with Crippen LogP contribution in [0.5, 0.6) is 0 Å². The van der Waals surface area contributed by atoms with E-state index in [-0.39, 0.29) is 18.1 Å². The first-order valence-corrected chi connectivity index (χ1v) is 8.79. The van der Waals surface area contributed by atoms with Crippen LogP contribution in [-0.2, 0) is 10.9 Å². The molecule has 26 heavy (non-hydrogen) atoms. The highest BCUT2D eigenvalue weighted by atomic mass is 19.4. The van der Waals surface area contributed by atoms with Crippen molar-refractivity contribution in [3.8, 4) is 0 Å². The molecule has 0 aliphatic carbocycles. The number of ether oxygens (including phenoxy) is 1. The number of halogens is 4. The average molecular weight is 374 g/mol. The van der Waals surface area contributed by atoms with E-state index < -0.39 is 29.0 Å². The standard InChI is InChI=1S/C18H22F4N2O2/c19-16-13(2-1-3-14(16)18(20,21)22)17(25)24-7-4-11(5-8-24)15-10-12(23)6-9-26-15/h1-3,11-12,15H,4-10,23H2. The van der Waals surface area contributed by atoms with Crippen LogP contribution in [0.2, 0.25) is 0 Å². The maximum atomic E-state index is 14.2. The molecular weight excluding hydrogens is 352 g/mol. The predicted molar refractivity (Wildman–Crippen MR) is 87.0 cm³/mol. The van der Waals surface area contributed by atoms with Crippen molar-refractivity contribution in [3.63, 3.8) is 0 Å². The molecule has 2 unspecified atom stereocenters. The quantitative estimate of drug-likeness (QED) is 0.809. The molecule has 2 heterocycles. The number of alkyl halides is 3. The first-order chi connectivity index (χ1) is 12.3. The zero-order valence-electron chi connectivity index (χ0n) is 14.3. The van der Waals surface area contributed by atoms with E-state index >= 15 is 0 Å². The van der Waals surface area contributed by atoms with Gasteiger partial charge in [-0.3, -0.25) is 4.79 Å². The summed E-state index contributed by atoms with van der Waals surface area (Å²) in [5.74, 6) is -1.95. The molecule has 1 aromatic rings. The Morgan fingerprint density at radius 3 is 2.50 bits per heavy atom. The predicted octanol–water partition coefficient (Wildman–Crippen LogP) is 3.20. The lowest BCUT2D eigenvalue weighted by Gasteiger charge is -2.38. The lowest BCUT2D eigenvalue weighted by molar-refractivity contribution is -0.140. The molecule has 4 nitrogen and oxygen atoms in total. The summed E-state index contributed by atoms with van der Waals surface area (Å²) in [7, 11) is 0. The van der Waals surface area contributed by atoms with Gasteiger partial charge in [-0.25, -0.2) is 4.39 Å². The molecular formula is C18H22F4N2O2. The van der Waals surface area contributed by atoms with Crippen LogP contribution in [0.1, 0.15) is 41.6 Å². The number of piperidine rings is 1. The third kappa shape index (κ3) is 4.01. The van der Waals surface area contributed by atoms with Gasteiger partial charge in [0.05, 0.1) is 17.2 Å². The number of carbonyl (C=O) groups is 1. The van der Waals surface area contributed by atoms with Gasteiger partial charge in [-0.1, -0.05) is 6.07 Å². The van der Waals surface area contributed by atoms with E-state index in [1.807, 2.05) is 0 Å². The number of likely N-dealkylation sites (tertiary alicyclic amines) is 1. The van der Waals surface area contributed by atoms with Crippen LogP contribution >= 0.6 is 0 Å². The Balaban J connectivity index is 1.66. The number of nitrogens with two attached hydrogens (primary N) is 1. The number of rotatable bonds is 2. The maximum Gasteiger partial charge on any atom is 0.419 e. The molecule has 2 N–H and O–H groups in total. The van der Waals surface area contributed by atoms with E-state index in [9.17, 15) is 22.4 Å². The number of carbonyl (C=O) groups excluding carboxylic acids is 1. The highest BCUT2D eigenvalue weighted by molar-refractivity contribution is 5.94. The van der Waals surface area contributed by atoms with Gasteiger partial charge in [0.2, 0.25) is 0 Å². The minimum atomic E-state index is -4.83. The summed E-state index contributed by atoms with van der Waals surface area (Å²) >= 11 is 0. The molecule has 144 valence electrons. The first-order valence-electron chi connectivity index (χ1n) is 8.79. The molecule has 2 saturated heterocycles. The zero-order chi connectivity index (χ0) is 18.9. The number of hydrogen-bond acceptors (Lipinski definition) is 3. The molecule has 0 aromatic heterocycles. The number of nitrogens with zero attached hydrogens (tertiary/aromatic N) is 1. The van der Waals surface area contributed by atoms with Gasteiger partial charge in [-0.15, -0.1) is 0 Å². The third-order valence-corrected chi connectivity index (χ3v) is 5.24. The van der Waals surface area contributed by atoms with Crippen LogP contribution in [0, 0.1) is 11.7 Å². The maximum absolute atomic E-state index is 14.2. The monoisotopic (exact) mass is 374 g/mol. The number of benzene rings is 1. The Labute approximate surface area is 149 Å². The van der Waals surface area contributed by atoms with Crippen molar-refractivity contribution < 1.29 is 27.1 Å². The van der Waals surface area contributed by atoms with Gasteiger partial charge < -0.3 is 15.4 Å². The van der Waals surface area contributed by atoms with Crippen molar-refractivity contribution in [3.05, 3.63) is 35.1 Å². The summed E-state index contributed by atoms with van der Waals surface area (Å²) < 4.78 is 58.5. The van der Waals surface area contributed by atoms with Gasteiger partial charge in [-0.2, -0.15) is 13.2 Å². The van der Waals surface area contributed by atoms with Gasteiger partial charge in [0.25, 0.3) is 5.91 Å². The molecule has 0 spiro atoms. The van der Waals surface area contributed by atoms with Crippen LogP contribution in [0.4, 0.5) is 17.6 Å². The molecule has 0 bridgehead atoms. The van der Waals surface area contributed by atoms with Crippen molar-refractivity contribution in [1.29, 1.82) is 0 Å². The van der Waals surface area contributed by atoms with Gasteiger partial charge in [0, 0.05) is 25.7 Å². The normalized spacial score (nSPS) is 25.3. The minimum Gasteiger partial charge on any atom is -0.378 e.